The summed E-state index contributed by atoms with van der Waals surface area (Å²) in [5.74, 6) is -0.633. The number of amides is 2. The largest absolute Gasteiger partial charge is 0.505 e. The van der Waals surface area contributed by atoms with Gasteiger partial charge in [-0.3, -0.25) is 9.59 Å². The zero-order valence-electron chi connectivity index (χ0n) is 17.1. The number of carbonyl (C=O) groups excluding carboxylic acids is 2. The molecule has 3 N–H and O–H groups in total. The number of carbonyl (C=O) groups is 2. The van der Waals surface area contributed by atoms with E-state index in [1.807, 2.05) is 6.07 Å². The summed E-state index contributed by atoms with van der Waals surface area (Å²) >= 11 is 0. The lowest BCUT2D eigenvalue weighted by atomic mass is 10.0. The summed E-state index contributed by atoms with van der Waals surface area (Å²) in [5.41, 5.74) is 0.717. The van der Waals surface area contributed by atoms with Gasteiger partial charge in [0.2, 0.25) is 5.91 Å². The summed E-state index contributed by atoms with van der Waals surface area (Å²) in [6.45, 7) is 5.63. The van der Waals surface area contributed by atoms with Crippen molar-refractivity contribution in [3.8, 4) is 5.75 Å². The number of hydrogen-bond acceptors (Lipinski definition) is 5. The lowest BCUT2D eigenvalue weighted by Gasteiger charge is -2.10. The third kappa shape index (κ3) is 4.86. The Morgan fingerprint density at radius 3 is 2.57 bits per heavy atom. The molecule has 0 spiro atoms. The van der Waals surface area contributed by atoms with Gasteiger partial charge in [-0.15, -0.1) is 0 Å². The predicted octanol–water partition coefficient (Wildman–Crippen LogP) is 4.30. The Kier molecular flexibility index (Phi) is 6.20. The van der Waals surface area contributed by atoms with Crippen LogP contribution in [0.5, 0.6) is 5.75 Å². The molecular formula is C23H24N2O5. The van der Waals surface area contributed by atoms with Crippen molar-refractivity contribution in [3.63, 3.8) is 0 Å². The maximum atomic E-state index is 12.7. The molecular weight excluding hydrogens is 384 g/mol. The van der Waals surface area contributed by atoms with Crippen molar-refractivity contribution in [2.75, 3.05) is 10.6 Å². The van der Waals surface area contributed by atoms with Crippen LogP contribution in [0.1, 0.15) is 43.1 Å². The molecule has 0 aliphatic heterocycles. The Balaban J connectivity index is 1.88. The fraction of sp³-hybridized carbons (Fsp3) is 0.261. The van der Waals surface area contributed by atoms with Gasteiger partial charge in [0.25, 0.3) is 5.91 Å². The number of anilines is 2. The summed E-state index contributed by atoms with van der Waals surface area (Å²) in [6, 6.07) is 11.7. The van der Waals surface area contributed by atoms with E-state index in [9.17, 15) is 19.5 Å². The van der Waals surface area contributed by atoms with E-state index in [2.05, 4.69) is 24.5 Å². The number of fused-ring (bicyclic) bond motifs is 1. The Hall–Kier alpha value is -3.61. The molecule has 0 aliphatic carbocycles. The van der Waals surface area contributed by atoms with E-state index >= 15 is 0 Å². The average molecular weight is 408 g/mol. The maximum Gasteiger partial charge on any atom is 0.364 e. The third-order valence-electron chi connectivity index (χ3n) is 4.64. The minimum Gasteiger partial charge on any atom is -0.505 e. The molecule has 1 aromatic heterocycles. The van der Waals surface area contributed by atoms with Crippen LogP contribution in [0.4, 0.5) is 11.4 Å². The van der Waals surface area contributed by atoms with Gasteiger partial charge in [-0.1, -0.05) is 26.0 Å². The molecule has 2 amide bonds. The van der Waals surface area contributed by atoms with Gasteiger partial charge >= 0.3 is 5.63 Å². The van der Waals surface area contributed by atoms with Crippen molar-refractivity contribution in [1.29, 1.82) is 0 Å². The Morgan fingerprint density at radius 1 is 1.10 bits per heavy atom. The van der Waals surface area contributed by atoms with Crippen molar-refractivity contribution in [2.45, 2.75) is 33.6 Å². The second-order valence-electron chi connectivity index (χ2n) is 7.59. The molecule has 1 heterocycles. The minimum absolute atomic E-state index is 0.0948. The van der Waals surface area contributed by atoms with Gasteiger partial charge in [0, 0.05) is 24.2 Å². The molecule has 2 aromatic carbocycles. The molecule has 7 nitrogen and oxygen atoms in total. The van der Waals surface area contributed by atoms with Crippen LogP contribution < -0.4 is 16.3 Å². The standard InChI is InChI=1S/C23H24N2O5/c1-13(2)7-8-15-5-4-6-16(11-15)22(28)25-20-21(27)18-10-9-17(24-14(3)26)12-19(18)30-23(20)29/h4-6,9-13,27H,7-8H2,1-3H3,(H,24,26)(H,25,28). The summed E-state index contributed by atoms with van der Waals surface area (Å²) in [4.78, 5) is 36.2. The number of benzene rings is 2. The monoisotopic (exact) mass is 408 g/mol. The minimum atomic E-state index is -0.885. The molecule has 3 aromatic rings. The highest BCUT2D eigenvalue weighted by atomic mass is 16.4. The highest BCUT2D eigenvalue weighted by molar-refractivity contribution is 6.06. The SMILES string of the molecule is CC(=O)Nc1ccc2c(O)c(NC(=O)c3cccc(CCC(C)C)c3)c(=O)oc2c1. The lowest BCUT2D eigenvalue weighted by molar-refractivity contribution is -0.114. The van der Waals surface area contributed by atoms with Gasteiger partial charge in [0.1, 0.15) is 5.58 Å². The maximum absolute atomic E-state index is 12.7. The predicted molar refractivity (Wildman–Crippen MR) is 116 cm³/mol. The first kappa shape index (κ1) is 21.1. The van der Waals surface area contributed by atoms with Crippen LogP contribution in [-0.4, -0.2) is 16.9 Å². The zero-order valence-corrected chi connectivity index (χ0v) is 17.1. The topological polar surface area (TPSA) is 109 Å². The highest BCUT2D eigenvalue weighted by Crippen LogP contribution is 2.31. The molecule has 7 heteroatoms. The van der Waals surface area contributed by atoms with Gasteiger partial charge in [0.15, 0.2) is 11.4 Å². The van der Waals surface area contributed by atoms with Crippen molar-refractivity contribution in [2.24, 2.45) is 5.92 Å². The van der Waals surface area contributed by atoms with E-state index in [-0.39, 0.29) is 28.3 Å². The Morgan fingerprint density at radius 2 is 1.87 bits per heavy atom. The molecule has 0 bridgehead atoms. The molecule has 30 heavy (non-hydrogen) atoms. The number of hydrogen-bond donors (Lipinski definition) is 3. The normalized spacial score (nSPS) is 10.9. The molecule has 0 radical (unpaired) electrons. The number of nitrogens with one attached hydrogen (secondary N) is 2. The van der Waals surface area contributed by atoms with Gasteiger partial charge in [-0.05, 0) is 48.6 Å². The molecule has 0 atom stereocenters. The molecule has 0 unspecified atom stereocenters. The smallest absolute Gasteiger partial charge is 0.364 e. The number of aromatic hydroxyl groups is 1. The molecule has 3 rings (SSSR count). The van der Waals surface area contributed by atoms with Gasteiger partial charge < -0.3 is 20.2 Å². The first-order chi connectivity index (χ1) is 14.2. The molecule has 156 valence electrons. The molecule has 0 aliphatic rings. The van der Waals surface area contributed by atoms with Crippen molar-refractivity contribution in [1.82, 2.24) is 0 Å². The summed E-state index contributed by atoms with van der Waals surface area (Å²) in [5, 5.41) is 15.8. The lowest BCUT2D eigenvalue weighted by Crippen LogP contribution is -2.18. The first-order valence-electron chi connectivity index (χ1n) is 9.72. The highest BCUT2D eigenvalue weighted by Gasteiger charge is 2.18. The second-order valence-corrected chi connectivity index (χ2v) is 7.59. The van der Waals surface area contributed by atoms with Gasteiger partial charge in [-0.25, -0.2) is 4.79 Å². The van der Waals surface area contributed by atoms with Gasteiger partial charge in [0.05, 0.1) is 5.39 Å². The molecule has 0 saturated heterocycles. The van der Waals surface area contributed by atoms with Crippen LogP contribution in [0.3, 0.4) is 0 Å². The van der Waals surface area contributed by atoms with Crippen LogP contribution >= 0.6 is 0 Å². The van der Waals surface area contributed by atoms with E-state index in [0.717, 1.165) is 18.4 Å². The summed E-state index contributed by atoms with van der Waals surface area (Å²) < 4.78 is 5.24. The Bertz CT molecular complexity index is 1160. The summed E-state index contributed by atoms with van der Waals surface area (Å²) in [7, 11) is 0. The quantitative estimate of drug-likeness (QED) is 0.527. The zero-order chi connectivity index (χ0) is 21.8. The van der Waals surface area contributed by atoms with E-state index in [1.54, 1.807) is 24.3 Å². The van der Waals surface area contributed by atoms with Crippen LogP contribution in [0.15, 0.2) is 51.7 Å². The Labute approximate surface area is 173 Å². The fourth-order valence-corrected chi connectivity index (χ4v) is 3.09. The van der Waals surface area contributed by atoms with Gasteiger partial charge in [-0.2, -0.15) is 0 Å². The van der Waals surface area contributed by atoms with Crippen LogP contribution in [0.25, 0.3) is 11.0 Å². The number of rotatable bonds is 6. The third-order valence-corrected chi connectivity index (χ3v) is 4.64. The summed E-state index contributed by atoms with van der Waals surface area (Å²) in [6.07, 6.45) is 1.85. The van der Waals surface area contributed by atoms with Crippen molar-refractivity contribution >= 4 is 34.2 Å². The number of aryl methyl sites for hydroxylation is 1. The molecule has 0 fully saturated rings. The van der Waals surface area contributed by atoms with Crippen LogP contribution in [0, 0.1) is 5.92 Å². The van der Waals surface area contributed by atoms with Crippen LogP contribution in [-0.2, 0) is 11.2 Å². The molecule has 0 saturated carbocycles. The fourth-order valence-electron chi connectivity index (χ4n) is 3.09. The second kappa shape index (κ2) is 8.82. The van der Waals surface area contributed by atoms with E-state index in [0.29, 0.717) is 17.2 Å². The van der Waals surface area contributed by atoms with Crippen molar-refractivity contribution in [3.05, 3.63) is 64.0 Å². The van der Waals surface area contributed by atoms with Crippen molar-refractivity contribution < 1.29 is 19.1 Å². The first-order valence-corrected chi connectivity index (χ1v) is 9.72. The van der Waals surface area contributed by atoms with Crippen LogP contribution in [0.2, 0.25) is 0 Å². The van der Waals surface area contributed by atoms with E-state index in [4.69, 9.17) is 4.42 Å². The average Bonchev–Trinajstić information content (AvgIpc) is 2.69. The van der Waals surface area contributed by atoms with E-state index < -0.39 is 11.5 Å². The van der Waals surface area contributed by atoms with E-state index in [1.165, 1.54) is 19.1 Å².